The van der Waals surface area contributed by atoms with Gasteiger partial charge < -0.3 is 0 Å². The standard InChI is InChI=1S/C12H17N.C2H6/c1-5-8-10-11(7-3)12(13-4)9-6-2;1-2/h5-10H,3H2,1-2,4H3;1-2H3/b8-5+,9-6-,11-10-,13-12?;. The van der Waals surface area contributed by atoms with E-state index in [4.69, 9.17) is 0 Å². The maximum absolute atomic E-state index is 4.16. The van der Waals surface area contributed by atoms with E-state index in [9.17, 15) is 0 Å². The highest BCUT2D eigenvalue weighted by Gasteiger charge is 1.95. The van der Waals surface area contributed by atoms with Crippen molar-refractivity contribution in [3.05, 3.63) is 48.6 Å². The summed E-state index contributed by atoms with van der Waals surface area (Å²) < 4.78 is 0. The molecule has 0 aliphatic carbocycles. The minimum absolute atomic E-state index is 0.954. The minimum Gasteiger partial charge on any atom is -0.288 e. The lowest BCUT2D eigenvalue weighted by atomic mass is 10.1. The molecule has 1 heteroatoms. The van der Waals surface area contributed by atoms with Gasteiger partial charge in [-0.1, -0.05) is 50.8 Å². The molecule has 0 aliphatic heterocycles. The number of hydrogen-bond acceptors (Lipinski definition) is 1. The van der Waals surface area contributed by atoms with E-state index in [1.165, 1.54) is 0 Å². The summed E-state index contributed by atoms with van der Waals surface area (Å²) in [5.74, 6) is 0. The maximum Gasteiger partial charge on any atom is 0.0639 e. The molecule has 0 heterocycles. The van der Waals surface area contributed by atoms with Crippen molar-refractivity contribution in [2.45, 2.75) is 27.7 Å². The van der Waals surface area contributed by atoms with Crippen LogP contribution in [0.5, 0.6) is 0 Å². The van der Waals surface area contributed by atoms with Crippen molar-refractivity contribution < 1.29 is 0 Å². The SMILES string of the molecule is C=C/C(=C/C=C/C)C(/C=C\C)=NC.CC. The van der Waals surface area contributed by atoms with Crippen molar-refractivity contribution in [2.24, 2.45) is 4.99 Å². The number of hydrogen-bond donors (Lipinski definition) is 0. The van der Waals surface area contributed by atoms with E-state index in [0.717, 1.165) is 11.3 Å². The predicted octanol–water partition coefficient (Wildman–Crippen LogP) is 4.35. The van der Waals surface area contributed by atoms with Crippen LogP contribution in [-0.4, -0.2) is 12.8 Å². The summed E-state index contributed by atoms with van der Waals surface area (Å²) in [6.07, 6.45) is 11.7. The van der Waals surface area contributed by atoms with Crippen molar-refractivity contribution in [3.8, 4) is 0 Å². The van der Waals surface area contributed by atoms with Gasteiger partial charge in [0.25, 0.3) is 0 Å². The van der Waals surface area contributed by atoms with Crippen molar-refractivity contribution in [1.82, 2.24) is 0 Å². The molecule has 15 heavy (non-hydrogen) atoms. The van der Waals surface area contributed by atoms with Crippen LogP contribution >= 0.6 is 0 Å². The minimum atomic E-state index is 0.954. The smallest absolute Gasteiger partial charge is 0.0639 e. The zero-order valence-corrected chi connectivity index (χ0v) is 10.6. The quantitative estimate of drug-likeness (QED) is 0.478. The van der Waals surface area contributed by atoms with Crippen LogP contribution in [-0.2, 0) is 0 Å². The van der Waals surface area contributed by atoms with E-state index in [0.29, 0.717) is 0 Å². The van der Waals surface area contributed by atoms with E-state index >= 15 is 0 Å². The summed E-state index contributed by atoms with van der Waals surface area (Å²) in [6, 6.07) is 0. The Labute approximate surface area is 94.6 Å². The van der Waals surface area contributed by atoms with Gasteiger partial charge in [-0.15, -0.1) is 0 Å². The van der Waals surface area contributed by atoms with E-state index < -0.39 is 0 Å². The van der Waals surface area contributed by atoms with Crippen LogP contribution in [0.15, 0.2) is 53.6 Å². The van der Waals surface area contributed by atoms with Crippen molar-refractivity contribution in [3.63, 3.8) is 0 Å². The molecule has 0 fully saturated rings. The molecule has 0 aromatic rings. The van der Waals surface area contributed by atoms with Gasteiger partial charge in [-0.05, 0) is 25.5 Å². The average Bonchev–Trinajstić information content (AvgIpc) is 2.31. The fourth-order valence-corrected chi connectivity index (χ4v) is 0.916. The highest BCUT2D eigenvalue weighted by atomic mass is 14.7. The topological polar surface area (TPSA) is 12.4 Å². The van der Waals surface area contributed by atoms with Gasteiger partial charge in [0.05, 0.1) is 5.71 Å². The summed E-state index contributed by atoms with van der Waals surface area (Å²) >= 11 is 0. The molecule has 0 saturated heterocycles. The molecule has 0 saturated carbocycles. The van der Waals surface area contributed by atoms with Gasteiger partial charge >= 0.3 is 0 Å². The zero-order chi connectivity index (χ0) is 12.1. The predicted molar refractivity (Wildman–Crippen MR) is 72.6 cm³/mol. The second-order valence-electron chi connectivity index (χ2n) is 2.46. The third-order valence-corrected chi connectivity index (χ3v) is 1.55. The highest BCUT2D eigenvalue weighted by molar-refractivity contribution is 6.10. The van der Waals surface area contributed by atoms with Crippen LogP contribution in [0.1, 0.15) is 27.7 Å². The maximum atomic E-state index is 4.16. The molecule has 84 valence electrons. The Balaban J connectivity index is 0. The first-order chi connectivity index (χ1) is 7.29. The monoisotopic (exact) mass is 205 g/mol. The molecule has 1 nitrogen and oxygen atoms in total. The summed E-state index contributed by atoms with van der Waals surface area (Å²) in [7, 11) is 1.78. The average molecular weight is 205 g/mol. The fourth-order valence-electron chi connectivity index (χ4n) is 0.916. The summed E-state index contributed by atoms with van der Waals surface area (Å²) in [4.78, 5) is 4.16. The third kappa shape index (κ3) is 7.68. The van der Waals surface area contributed by atoms with Crippen LogP contribution in [0, 0.1) is 0 Å². The lowest BCUT2D eigenvalue weighted by molar-refractivity contribution is 1.43. The first-order valence-electron chi connectivity index (χ1n) is 5.35. The molecule has 0 amide bonds. The van der Waals surface area contributed by atoms with Gasteiger partial charge in [0.15, 0.2) is 0 Å². The summed E-state index contributed by atoms with van der Waals surface area (Å²) in [6.45, 7) is 11.7. The molecule has 0 spiro atoms. The highest BCUT2D eigenvalue weighted by Crippen LogP contribution is 2.02. The molecule has 0 N–H and O–H groups in total. The molecule has 0 rings (SSSR count). The molecular formula is C14H23N. The van der Waals surface area contributed by atoms with Crippen LogP contribution in [0.2, 0.25) is 0 Å². The van der Waals surface area contributed by atoms with Gasteiger partial charge in [0.1, 0.15) is 0 Å². The Bertz CT molecular complexity index is 265. The number of rotatable bonds is 4. The van der Waals surface area contributed by atoms with Crippen molar-refractivity contribution in [2.75, 3.05) is 7.05 Å². The summed E-state index contributed by atoms with van der Waals surface area (Å²) in [5, 5.41) is 0. The van der Waals surface area contributed by atoms with Crippen molar-refractivity contribution >= 4 is 5.71 Å². The zero-order valence-electron chi connectivity index (χ0n) is 10.6. The number of nitrogens with zero attached hydrogens (tertiary/aromatic N) is 1. The lowest BCUT2D eigenvalue weighted by Gasteiger charge is -1.99. The largest absolute Gasteiger partial charge is 0.288 e. The molecule has 0 aliphatic rings. The molecule has 0 unspecified atom stereocenters. The van der Waals surface area contributed by atoms with Crippen LogP contribution in [0.3, 0.4) is 0 Å². The Hall–Kier alpha value is -1.37. The Morgan fingerprint density at radius 1 is 1.13 bits per heavy atom. The van der Waals surface area contributed by atoms with Crippen LogP contribution in [0.25, 0.3) is 0 Å². The van der Waals surface area contributed by atoms with E-state index in [-0.39, 0.29) is 0 Å². The van der Waals surface area contributed by atoms with Crippen molar-refractivity contribution in [1.29, 1.82) is 0 Å². The molecule has 0 aromatic carbocycles. The molecule has 0 atom stereocenters. The first kappa shape index (κ1) is 16.1. The van der Waals surface area contributed by atoms with Gasteiger partial charge in [0.2, 0.25) is 0 Å². The fraction of sp³-hybridized carbons (Fsp3) is 0.357. The summed E-state index contributed by atoms with van der Waals surface area (Å²) in [5.41, 5.74) is 1.99. The third-order valence-electron chi connectivity index (χ3n) is 1.55. The number of allylic oxidation sites excluding steroid dienone is 7. The van der Waals surface area contributed by atoms with Crippen LogP contribution in [0.4, 0.5) is 0 Å². The van der Waals surface area contributed by atoms with E-state index in [1.807, 2.05) is 64.2 Å². The normalized spacial score (nSPS) is 12.9. The second-order valence-corrected chi connectivity index (χ2v) is 2.46. The Kier molecular flexibility index (Phi) is 13.5. The molecule has 0 aromatic heterocycles. The van der Waals surface area contributed by atoms with Gasteiger partial charge in [-0.25, -0.2) is 0 Å². The van der Waals surface area contributed by atoms with Gasteiger partial charge in [-0.3, -0.25) is 4.99 Å². The number of aliphatic imine (C=N–C) groups is 1. The lowest BCUT2D eigenvalue weighted by Crippen LogP contribution is -1.95. The molecule has 0 bridgehead atoms. The Morgan fingerprint density at radius 3 is 2.07 bits per heavy atom. The second kappa shape index (κ2) is 12.6. The molecular weight excluding hydrogens is 182 g/mol. The van der Waals surface area contributed by atoms with Gasteiger partial charge in [0, 0.05) is 7.05 Å². The van der Waals surface area contributed by atoms with E-state index in [2.05, 4.69) is 11.6 Å². The Morgan fingerprint density at radius 2 is 1.73 bits per heavy atom. The first-order valence-corrected chi connectivity index (χ1v) is 5.35. The molecule has 0 radical (unpaired) electrons. The van der Waals surface area contributed by atoms with Gasteiger partial charge in [-0.2, -0.15) is 0 Å². The van der Waals surface area contributed by atoms with Crippen LogP contribution < -0.4 is 0 Å². The van der Waals surface area contributed by atoms with E-state index in [1.54, 1.807) is 7.05 Å².